The molecule has 0 spiro atoms. The van der Waals surface area contributed by atoms with Crippen molar-refractivity contribution in [3.8, 4) is 0 Å². The lowest BCUT2D eigenvalue weighted by atomic mass is 9.38. The summed E-state index contributed by atoms with van der Waals surface area (Å²) in [6.07, 6.45) is 4.19. The first-order chi connectivity index (χ1) is 15.4. The van der Waals surface area contributed by atoms with Crippen molar-refractivity contribution in [2.45, 2.75) is 115 Å². The lowest BCUT2D eigenvalue weighted by Gasteiger charge is -2.69. The molecule has 0 radical (unpaired) electrons. The standard InChI is InChI=1S/C27H43NO6/c1-15(29)23(5,32)21-9-10-26(28)19-8-7-18-13-25(33,16(2)30)12-11-22(18,4)20(19)14-27(34,17(3)31)24(21,26)6/h18-21,32-34H,7-14,28H2,1-6H3/t18?,19-,20+,21-,22+,23?,24-,25?,26-,27?/m1/s1. The molecule has 0 aliphatic heterocycles. The molecule has 4 aliphatic carbocycles. The maximum atomic E-state index is 13.2. The van der Waals surface area contributed by atoms with Gasteiger partial charge in [-0.25, -0.2) is 0 Å². The second kappa shape index (κ2) is 7.44. The first kappa shape index (κ1) is 25.9. The summed E-state index contributed by atoms with van der Waals surface area (Å²) in [5.74, 6) is -1.56. The van der Waals surface area contributed by atoms with Gasteiger partial charge >= 0.3 is 0 Å². The van der Waals surface area contributed by atoms with Gasteiger partial charge in [0.25, 0.3) is 0 Å². The molecule has 0 saturated heterocycles. The molecule has 7 heteroatoms. The van der Waals surface area contributed by atoms with Crippen LogP contribution in [0.4, 0.5) is 0 Å². The van der Waals surface area contributed by atoms with Crippen molar-refractivity contribution in [3.63, 3.8) is 0 Å². The van der Waals surface area contributed by atoms with E-state index in [1.807, 2.05) is 6.92 Å². The van der Waals surface area contributed by atoms with Crippen molar-refractivity contribution < 1.29 is 29.7 Å². The Kier molecular flexibility index (Phi) is 5.67. The first-order valence-electron chi connectivity index (χ1n) is 12.9. The summed E-state index contributed by atoms with van der Waals surface area (Å²) >= 11 is 0. The van der Waals surface area contributed by atoms with Gasteiger partial charge in [0.15, 0.2) is 17.3 Å². The Morgan fingerprint density at radius 2 is 1.50 bits per heavy atom. The summed E-state index contributed by atoms with van der Waals surface area (Å²) in [5.41, 5.74) is 0.132. The summed E-state index contributed by atoms with van der Waals surface area (Å²) in [5, 5.41) is 34.5. The maximum absolute atomic E-state index is 13.2. The van der Waals surface area contributed by atoms with Crippen LogP contribution in [-0.2, 0) is 14.4 Å². The quantitative estimate of drug-likeness (QED) is 0.487. The van der Waals surface area contributed by atoms with E-state index >= 15 is 0 Å². The molecule has 34 heavy (non-hydrogen) atoms. The van der Waals surface area contributed by atoms with Crippen LogP contribution in [-0.4, -0.2) is 55.0 Å². The number of hydrogen-bond acceptors (Lipinski definition) is 7. The van der Waals surface area contributed by atoms with Crippen LogP contribution in [0.2, 0.25) is 0 Å². The average Bonchev–Trinajstić information content (AvgIpc) is 3.02. The average molecular weight is 478 g/mol. The predicted octanol–water partition coefficient (Wildman–Crippen LogP) is 2.32. The number of Topliss-reactive ketones (excluding diaryl/α,β-unsaturated/α-hetero) is 3. The van der Waals surface area contributed by atoms with Gasteiger partial charge in [0.1, 0.15) is 16.8 Å². The van der Waals surface area contributed by atoms with Crippen molar-refractivity contribution in [1.29, 1.82) is 0 Å². The second-order valence-corrected chi connectivity index (χ2v) is 12.9. The fourth-order valence-electron chi connectivity index (χ4n) is 9.32. The van der Waals surface area contributed by atoms with Crippen molar-refractivity contribution >= 4 is 17.3 Å². The molecule has 7 nitrogen and oxygen atoms in total. The van der Waals surface area contributed by atoms with Crippen LogP contribution in [0.15, 0.2) is 0 Å². The Hall–Kier alpha value is -1.15. The monoisotopic (exact) mass is 477 g/mol. The van der Waals surface area contributed by atoms with Crippen molar-refractivity contribution in [3.05, 3.63) is 0 Å². The zero-order chi connectivity index (χ0) is 25.7. The molecular formula is C27H43NO6. The van der Waals surface area contributed by atoms with E-state index < -0.39 is 33.7 Å². The van der Waals surface area contributed by atoms with E-state index in [-0.39, 0.29) is 46.9 Å². The summed E-state index contributed by atoms with van der Waals surface area (Å²) in [7, 11) is 0. The molecule has 4 saturated carbocycles. The zero-order valence-electron chi connectivity index (χ0n) is 21.6. The van der Waals surface area contributed by atoms with Gasteiger partial charge < -0.3 is 21.1 Å². The molecule has 5 N–H and O–H groups in total. The number of aliphatic hydroxyl groups is 3. The molecule has 0 bridgehead atoms. The van der Waals surface area contributed by atoms with Gasteiger partial charge in [0.2, 0.25) is 0 Å². The van der Waals surface area contributed by atoms with E-state index in [9.17, 15) is 29.7 Å². The summed E-state index contributed by atoms with van der Waals surface area (Å²) in [6, 6.07) is 0. The first-order valence-corrected chi connectivity index (χ1v) is 12.9. The minimum Gasteiger partial charge on any atom is -0.382 e. The Morgan fingerprint density at radius 3 is 2.03 bits per heavy atom. The summed E-state index contributed by atoms with van der Waals surface area (Å²) < 4.78 is 0. The number of rotatable bonds is 4. The Bertz CT molecular complexity index is 932. The fraction of sp³-hybridized carbons (Fsp3) is 0.889. The Morgan fingerprint density at radius 1 is 0.882 bits per heavy atom. The molecular weight excluding hydrogens is 434 g/mol. The number of fused-ring (bicyclic) bond motifs is 5. The van der Waals surface area contributed by atoms with E-state index in [1.165, 1.54) is 27.7 Å². The third kappa shape index (κ3) is 2.93. The highest BCUT2D eigenvalue weighted by atomic mass is 16.3. The predicted molar refractivity (Wildman–Crippen MR) is 127 cm³/mol. The molecule has 0 aromatic heterocycles. The van der Waals surface area contributed by atoms with E-state index in [0.29, 0.717) is 32.1 Å². The van der Waals surface area contributed by atoms with Gasteiger partial charge in [-0.3, -0.25) is 14.4 Å². The lowest BCUT2D eigenvalue weighted by Crippen LogP contribution is -2.78. The molecule has 192 valence electrons. The highest BCUT2D eigenvalue weighted by molar-refractivity contribution is 5.88. The van der Waals surface area contributed by atoms with Gasteiger partial charge in [-0.15, -0.1) is 0 Å². The molecule has 0 heterocycles. The number of carbonyl (C=O) groups is 3. The molecule has 4 unspecified atom stereocenters. The third-order valence-corrected chi connectivity index (χ3v) is 11.9. The van der Waals surface area contributed by atoms with E-state index in [2.05, 4.69) is 6.92 Å². The van der Waals surface area contributed by atoms with Gasteiger partial charge in [0, 0.05) is 16.9 Å². The number of ketones is 3. The van der Waals surface area contributed by atoms with Gasteiger partial charge in [-0.2, -0.15) is 0 Å². The number of hydrogen-bond donors (Lipinski definition) is 4. The molecule has 4 fully saturated rings. The SMILES string of the molecule is CC(=O)C1(O)CC[C@@]2(C)C(CC[C@@H]3[C@@H]2CC(O)(C(C)=O)[C@]2(C)[C@@H](C(C)(O)C(C)=O)CC[C@@]32N)C1. The molecule has 0 aromatic carbocycles. The van der Waals surface area contributed by atoms with Crippen LogP contribution in [0.1, 0.15) is 92.9 Å². The van der Waals surface area contributed by atoms with Crippen molar-refractivity contribution in [1.82, 2.24) is 0 Å². The zero-order valence-corrected chi connectivity index (χ0v) is 21.6. The Balaban J connectivity index is 1.82. The van der Waals surface area contributed by atoms with Crippen molar-refractivity contribution in [2.75, 3.05) is 0 Å². The normalized spacial score (nSPS) is 52.1. The highest BCUT2D eigenvalue weighted by Crippen LogP contribution is 2.72. The van der Waals surface area contributed by atoms with Gasteiger partial charge in [0.05, 0.1) is 0 Å². The minimum absolute atomic E-state index is 0.00894. The molecule has 0 aromatic rings. The Labute approximate surface area is 202 Å². The minimum atomic E-state index is -1.79. The van der Waals surface area contributed by atoms with E-state index in [1.54, 1.807) is 0 Å². The van der Waals surface area contributed by atoms with Crippen LogP contribution >= 0.6 is 0 Å². The molecule has 4 aliphatic rings. The van der Waals surface area contributed by atoms with E-state index in [0.717, 1.165) is 12.8 Å². The second-order valence-electron chi connectivity index (χ2n) is 12.9. The maximum Gasteiger partial charge on any atom is 0.161 e. The van der Waals surface area contributed by atoms with Crippen molar-refractivity contribution in [2.24, 2.45) is 40.2 Å². The smallest absolute Gasteiger partial charge is 0.161 e. The third-order valence-electron chi connectivity index (χ3n) is 11.9. The number of nitrogens with two attached hydrogens (primary N) is 1. The molecule has 10 atom stereocenters. The lowest BCUT2D eigenvalue weighted by molar-refractivity contribution is -0.239. The summed E-state index contributed by atoms with van der Waals surface area (Å²) in [6.45, 7) is 9.68. The van der Waals surface area contributed by atoms with Gasteiger partial charge in [-0.05, 0) is 102 Å². The highest BCUT2D eigenvalue weighted by Gasteiger charge is 2.77. The molecule has 4 rings (SSSR count). The van der Waals surface area contributed by atoms with E-state index in [4.69, 9.17) is 5.73 Å². The van der Waals surface area contributed by atoms with Crippen LogP contribution in [0, 0.1) is 34.5 Å². The van der Waals surface area contributed by atoms with Crippen LogP contribution < -0.4 is 5.73 Å². The van der Waals surface area contributed by atoms with Crippen LogP contribution in [0.5, 0.6) is 0 Å². The number of carbonyl (C=O) groups excluding carboxylic acids is 3. The fourth-order valence-corrected chi connectivity index (χ4v) is 9.32. The largest absolute Gasteiger partial charge is 0.382 e. The topological polar surface area (TPSA) is 138 Å². The molecule has 0 amide bonds. The van der Waals surface area contributed by atoms with Crippen LogP contribution in [0.3, 0.4) is 0 Å². The van der Waals surface area contributed by atoms with Crippen LogP contribution in [0.25, 0.3) is 0 Å². The van der Waals surface area contributed by atoms with Gasteiger partial charge in [-0.1, -0.05) is 13.8 Å². The summed E-state index contributed by atoms with van der Waals surface area (Å²) in [4.78, 5) is 37.9.